The van der Waals surface area contributed by atoms with E-state index in [1.165, 1.54) is 17.7 Å². The first kappa shape index (κ1) is 15.2. The van der Waals surface area contributed by atoms with E-state index in [1.807, 2.05) is 18.2 Å². The molecule has 0 aromatic heterocycles. The minimum absolute atomic E-state index is 0.0421. The highest BCUT2D eigenvalue weighted by atomic mass is 19.1. The first-order chi connectivity index (χ1) is 10.8. The van der Waals surface area contributed by atoms with E-state index >= 15 is 0 Å². The van der Waals surface area contributed by atoms with Gasteiger partial charge in [0.25, 0.3) is 0 Å². The summed E-state index contributed by atoms with van der Waals surface area (Å²) in [6.45, 7) is 2.26. The second-order valence-corrected chi connectivity index (χ2v) is 5.43. The van der Waals surface area contributed by atoms with E-state index in [-0.39, 0.29) is 18.1 Å². The minimum atomic E-state index is -0.345. The fraction of sp³-hybridized carbons (Fsp3) is 0.333. The molecule has 1 aliphatic heterocycles. The van der Waals surface area contributed by atoms with Gasteiger partial charge in [-0.15, -0.1) is 0 Å². The molecule has 1 fully saturated rings. The van der Waals surface area contributed by atoms with Gasteiger partial charge >= 0.3 is 0 Å². The Labute approximate surface area is 130 Å². The number of hydrogen-bond acceptors (Lipinski definition) is 3. The van der Waals surface area contributed by atoms with Gasteiger partial charge in [-0.2, -0.15) is 0 Å². The smallest absolute Gasteiger partial charge is 0.176 e. The lowest BCUT2D eigenvalue weighted by molar-refractivity contribution is -0.200. The van der Waals surface area contributed by atoms with E-state index in [1.54, 1.807) is 19.2 Å². The first-order valence-corrected chi connectivity index (χ1v) is 7.46. The fourth-order valence-corrected chi connectivity index (χ4v) is 2.91. The van der Waals surface area contributed by atoms with Crippen LogP contribution in [0.1, 0.15) is 17.2 Å². The maximum atomic E-state index is 13.2. The van der Waals surface area contributed by atoms with Crippen LogP contribution in [-0.4, -0.2) is 31.5 Å². The molecule has 2 aromatic rings. The van der Waals surface area contributed by atoms with Crippen LogP contribution in [-0.2, 0) is 16.0 Å². The molecule has 0 spiro atoms. The summed E-state index contributed by atoms with van der Waals surface area (Å²) in [7, 11) is 1.65. The van der Waals surface area contributed by atoms with Crippen LogP contribution in [0.15, 0.2) is 54.6 Å². The molecule has 3 rings (SSSR count). The lowest BCUT2D eigenvalue weighted by atomic mass is 10.0. The van der Waals surface area contributed by atoms with Crippen LogP contribution in [0.3, 0.4) is 0 Å². The van der Waals surface area contributed by atoms with Crippen LogP contribution in [0, 0.1) is 5.82 Å². The second kappa shape index (κ2) is 7.01. The monoisotopic (exact) mass is 301 g/mol. The third kappa shape index (κ3) is 3.35. The average molecular weight is 301 g/mol. The standard InChI is InChI=1S/C18H20FNO2/c1-21-18-17(15-7-9-16(19)10-8-15)20(11-12-22-18)13-14-5-3-2-4-6-14/h2-10,17-18H,11-13H2,1H3/t17-,18-/m0/s1. The molecule has 2 atom stereocenters. The summed E-state index contributed by atoms with van der Waals surface area (Å²) < 4.78 is 24.4. The molecule has 0 aliphatic carbocycles. The van der Waals surface area contributed by atoms with Crippen LogP contribution < -0.4 is 0 Å². The summed E-state index contributed by atoms with van der Waals surface area (Å²) in [6.07, 6.45) is -0.345. The van der Waals surface area contributed by atoms with Crippen molar-refractivity contribution in [2.75, 3.05) is 20.3 Å². The lowest BCUT2D eigenvalue weighted by Crippen LogP contribution is -2.45. The predicted octanol–water partition coefficient (Wildman–Crippen LogP) is 3.37. The molecule has 0 amide bonds. The molecular formula is C18H20FNO2. The number of morpholine rings is 1. The Balaban J connectivity index is 1.86. The second-order valence-electron chi connectivity index (χ2n) is 5.43. The fourth-order valence-electron chi connectivity index (χ4n) is 2.91. The molecule has 0 saturated carbocycles. The maximum Gasteiger partial charge on any atom is 0.176 e. The Kier molecular flexibility index (Phi) is 4.83. The van der Waals surface area contributed by atoms with Crippen molar-refractivity contribution in [1.82, 2.24) is 4.90 Å². The molecule has 0 N–H and O–H groups in total. The zero-order valence-corrected chi connectivity index (χ0v) is 12.6. The van der Waals surface area contributed by atoms with Gasteiger partial charge in [-0.1, -0.05) is 42.5 Å². The molecule has 116 valence electrons. The Morgan fingerprint density at radius 2 is 1.86 bits per heavy atom. The molecule has 1 saturated heterocycles. The zero-order valence-electron chi connectivity index (χ0n) is 12.6. The van der Waals surface area contributed by atoms with Gasteiger partial charge in [-0.25, -0.2) is 4.39 Å². The number of rotatable bonds is 4. The van der Waals surface area contributed by atoms with E-state index in [0.717, 1.165) is 18.7 Å². The van der Waals surface area contributed by atoms with Crippen LogP contribution in [0.4, 0.5) is 4.39 Å². The van der Waals surface area contributed by atoms with Crippen LogP contribution >= 0.6 is 0 Å². The van der Waals surface area contributed by atoms with E-state index in [2.05, 4.69) is 17.0 Å². The summed E-state index contributed by atoms with van der Waals surface area (Å²) in [6, 6.07) is 16.8. The van der Waals surface area contributed by atoms with Gasteiger partial charge in [-0.05, 0) is 23.3 Å². The van der Waals surface area contributed by atoms with Gasteiger partial charge in [0.1, 0.15) is 5.82 Å². The van der Waals surface area contributed by atoms with Gasteiger partial charge in [0.15, 0.2) is 6.29 Å². The number of ether oxygens (including phenoxy) is 2. The molecule has 3 nitrogen and oxygen atoms in total. The van der Waals surface area contributed by atoms with Crippen molar-refractivity contribution in [3.05, 3.63) is 71.5 Å². The van der Waals surface area contributed by atoms with Crippen LogP contribution in [0.2, 0.25) is 0 Å². The van der Waals surface area contributed by atoms with E-state index < -0.39 is 0 Å². The van der Waals surface area contributed by atoms with Crippen molar-refractivity contribution in [2.45, 2.75) is 18.9 Å². The number of hydrogen-bond donors (Lipinski definition) is 0. The van der Waals surface area contributed by atoms with E-state index in [0.29, 0.717) is 6.61 Å². The molecule has 0 bridgehead atoms. The quantitative estimate of drug-likeness (QED) is 0.864. The van der Waals surface area contributed by atoms with Gasteiger partial charge < -0.3 is 9.47 Å². The number of benzene rings is 2. The number of methoxy groups -OCH3 is 1. The molecule has 1 heterocycles. The molecular weight excluding hydrogens is 281 g/mol. The van der Waals surface area contributed by atoms with E-state index in [4.69, 9.17) is 9.47 Å². The summed E-state index contributed by atoms with van der Waals surface area (Å²) >= 11 is 0. The summed E-state index contributed by atoms with van der Waals surface area (Å²) in [4.78, 5) is 2.32. The highest BCUT2D eigenvalue weighted by Gasteiger charge is 2.33. The third-order valence-corrected chi connectivity index (χ3v) is 3.98. The predicted molar refractivity (Wildman–Crippen MR) is 82.7 cm³/mol. The molecule has 0 radical (unpaired) electrons. The van der Waals surface area contributed by atoms with Gasteiger partial charge in [0.05, 0.1) is 12.6 Å². The zero-order chi connectivity index (χ0) is 15.4. The molecule has 22 heavy (non-hydrogen) atoms. The molecule has 0 unspecified atom stereocenters. The van der Waals surface area contributed by atoms with Crippen LogP contribution in [0.5, 0.6) is 0 Å². The Morgan fingerprint density at radius 1 is 1.14 bits per heavy atom. The maximum absolute atomic E-state index is 13.2. The minimum Gasteiger partial charge on any atom is -0.354 e. The van der Waals surface area contributed by atoms with Crippen molar-refractivity contribution < 1.29 is 13.9 Å². The lowest BCUT2D eigenvalue weighted by Gasteiger charge is -2.40. The Bertz CT molecular complexity index is 588. The molecule has 4 heteroatoms. The van der Waals surface area contributed by atoms with Crippen LogP contribution in [0.25, 0.3) is 0 Å². The van der Waals surface area contributed by atoms with Gasteiger partial charge in [0.2, 0.25) is 0 Å². The average Bonchev–Trinajstić information content (AvgIpc) is 2.56. The summed E-state index contributed by atoms with van der Waals surface area (Å²) in [5.41, 5.74) is 2.25. The van der Waals surface area contributed by atoms with E-state index in [9.17, 15) is 4.39 Å². The highest BCUT2D eigenvalue weighted by Crippen LogP contribution is 2.31. The SMILES string of the molecule is CO[C@H]1OCCN(Cc2ccccc2)[C@H]1c1ccc(F)cc1. The number of halogens is 1. The summed E-state index contributed by atoms with van der Waals surface area (Å²) in [5.74, 6) is -0.232. The topological polar surface area (TPSA) is 21.7 Å². The van der Waals surface area contributed by atoms with Crippen molar-refractivity contribution in [2.24, 2.45) is 0 Å². The largest absolute Gasteiger partial charge is 0.354 e. The molecule has 2 aromatic carbocycles. The highest BCUT2D eigenvalue weighted by molar-refractivity contribution is 5.22. The van der Waals surface area contributed by atoms with Gasteiger partial charge in [0, 0.05) is 20.2 Å². The summed E-state index contributed by atoms with van der Waals surface area (Å²) in [5, 5.41) is 0. The van der Waals surface area contributed by atoms with Crippen molar-refractivity contribution in [3.8, 4) is 0 Å². The number of nitrogens with zero attached hydrogens (tertiary/aromatic N) is 1. The van der Waals surface area contributed by atoms with Gasteiger partial charge in [-0.3, -0.25) is 4.90 Å². The van der Waals surface area contributed by atoms with Crippen molar-refractivity contribution in [3.63, 3.8) is 0 Å². The third-order valence-electron chi connectivity index (χ3n) is 3.98. The Morgan fingerprint density at radius 3 is 2.55 bits per heavy atom. The Hall–Kier alpha value is -1.75. The van der Waals surface area contributed by atoms with Crippen molar-refractivity contribution >= 4 is 0 Å². The normalized spacial score (nSPS) is 22.6. The first-order valence-electron chi connectivity index (χ1n) is 7.46. The molecule has 1 aliphatic rings. The van der Waals surface area contributed by atoms with Crippen molar-refractivity contribution in [1.29, 1.82) is 0 Å².